The molecule has 1 unspecified atom stereocenters. The van der Waals surface area contributed by atoms with E-state index in [-0.39, 0.29) is 16.4 Å². The molecule has 5 heteroatoms. The predicted octanol–water partition coefficient (Wildman–Crippen LogP) is 4.15. The molecular weight excluding hydrogens is 332 g/mol. The summed E-state index contributed by atoms with van der Waals surface area (Å²) in [4.78, 5) is 11.9. The van der Waals surface area contributed by atoms with E-state index >= 15 is 0 Å². The van der Waals surface area contributed by atoms with Gasteiger partial charge in [0.2, 0.25) is 0 Å². The van der Waals surface area contributed by atoms with E-state index in [1.165, 1.54) is 0 Å². The lowest BCUT2D eigenvalue weighted by molar-refractivity contribution is -0.172. The minimum atomic E-state index is -0.451. The normalized spacial score (nSPS) is 18.1. The highest BCUT2D eigenvalue weighted by Gasteiger charge is 2.37. The molecule has 1 aliphatic rings. The number of hydrogen-bond donors (Lipinski definition) is 0. The lowest BCUT2D eigenvalue weighted by atomic mass is 9.83. The minimum absolute atomic E-state index is 0.106. The van der Waals surface area contributed by atoms with E-state index < -0.39 is 12.1 Å². The molecular formula is C21H38O5. The van der Waals surface area contributed by atoms with Gasteiger partial charge in [0.15, 0.2) is 0 Å². The summed E-state index contributed by atoms with van der Waals surface area (Å²) in [6.07, 6.45) is 1.46. The fraction of sp³-hybridized carbons (Fsp3) is 0.857. The molecule has 1 saturated heterocycles. The Labute approximate surface area is 159 Å². The molecule has 0 saturated carbocycles. The van der Waals surface area contributed by atoms with Crippen molar-refractivity contribution in [3.63, 3.8) is 0 Å². The van der Waals surface area contributed by atoms with Crippen LogP contribution in [0.3, 0.4) is 0 Å². The Morgan fingerprint density at radius 2 is 1.81 bits per heavy atom. The summed E-state index contributed by atoms with van der Waals surface area (Å²) in [7, 11) is 0. The summed E-state index contributed by atoms with van der Waals surface area (Å²) in [5.74, 6) is -0.409. The maximum Gasteiger partial charge on any atom is 0.333 e. The topological polar surface area (TPSA) is 54.0 Å². The summed E-state index contributed by atoms with van der Waals surface area (Å²) in [5.41, 5.74) is 0.330. The van der Waals surface area contributed by atoms with Gasteiger partial charge >= 0.3 is 5.97 Å². The number of carbonyl (C=O) groups is 1. The molecule has 0 bridgehead atoms. The van der Waals surface area contributed by atoms with Crippen LogP contribution in [0.4, 0.5) is 0 Å². The number of ether oxygens (including phenoxy) is 4. The molecule has 0 aromatic carbocycles. The van der Waals surface area contributed by atoms with Crippen molar-refractivity contribution in [2.45, 2.75) is 73.0 Å². The number of esters is 1. The average molecular weight is 371 g/mol. The van der Waals surface area contributed by atoms with Gasteiger partial charge in [0.25, 0.3) is 0 Å². The Hall–Kier alpha value is -0.910. The van der Waals surface area contributed by atoms with Crippen LogP contribution >= 0.6 is 0 Å². The Morgan fingerprint density at radius 3 is 2.23 bits per heavy atom. The lowest BCUT2D eigenvalue weighted by Crippen LogP contribution is -2.46. The standard InChI is InChI=1S/C21H38O5/c1-9-21(14-24-15-21)13-23-10-17(26-18(22)16(2)3)11-25-20(7,8)12-19(4,5)6/h17H,2,9-15H2,1,3-8H3. The first-order chi connectivity index (χ1) is 11.9. The molecule has 0 radical (unpaired) electrons. The van der Waals surface area contributed by atoms with Crippen LogP contribution in [0, 0.1) is 10.8 Å². The predicted molar refractivity (Wildman–Crippen MR) is 103 cm³/mol. The van der Waals surface area contributed by atoms with Crippen molar-refractivity contribution in [2.24, 2.45) is 10.8 Å². The van der Waals surface area contributed by atoms with Gasteiger partial charge in [-0.15, -0.1) is 0 Å². The summed E-state index contributed by atoms with van der Waals surface area (Å²) in [6, 6.07) is 0. The largest absolute Gasteiger partial charge is 0.454 e. The van der Waals surface area contributed by atoms with Crippen molar-refractivity contribution in [3.8, 4) is 0 Å². The molecule has 1 rings (SSSR count). The van der Waals surface area contributed by atoms with Crippen LogP contribution in [0.2, 0.25) is 0 Å². The number of hydrogen-bond acceptors (Lipinski definition) is 5. The number of rotatable bonds is 11. The quantitative estimate of drug-likeness (QED) is 0.404. The third-order valence-electron chi connectivity index (χ3n) is 4.52. The maximum atomic E-state index is 11.9. The van der Waals surface area contributed by atoms with Gasteiger partial charge in [-0.3, -0.25) is 0 Å². The molecule has 0 spiro atoms. The molecule has 26 heavy (non-hydrogen) atoms. The van der Waals surface area contributed by atoms with Gasteiger partial charge in [0, 0.05) is 11.0 Å². The van der Waals surface area contributed by atoms with E-state index in [4.69, 9.17) is 18.9 Å². The molecule has 5 nitrogen and oxygen atoms in total. The molecule has 0 aromatic rings. The summed E-state index contributed by atoms with van der Waals surface area (Å²) < 4.78 is 22.8. The molecule has 1 heterocycles. The van der Waals surface area contributed by atoms with Crippen LogP contribution < -0.4 is 0 Å². The smallest absolute Gasteiger partial charge is 0.333 e. The molecule has 0 amide bonds. The van der Waals surface area contributed by atoms with Crippen LogP contribution in [0.25, 0.3) is 0 Å². The highest BCUT2D eigenvalue weighted by molar-refractivity contribution is 5.87. The maximum absolute atomic E-state index is 11.9. The first-order valence-electron chi connectivity index (χ1n) is 9.54. The number of carbonyl (C=O) groups excluding carboxylic acids is 1. The lowest BCUT2D eigenvalue weighted by Gasteiger charge is -2.40. The van der Waals surface area contributed by atoms with Gasteiger partial charge in [0.05, 0.1) is 38.6 Å². The SMILES string of the molecule is C=C(C)C(=O)OC(COCC1(CC)COC1)COC(C)(C)CC(C)(C)C. The van der Waals surface area contributed by atoms with E-state index in [1.54, 1.807) is 6.92 Å². The van der Waals surface area contributed by atoms with E-state index in [1.807, 2.05) is 0 Å². The summed E-state index contributed by atoms with van der Waals surface area (Å²) in [5, 5.41) is 0. The highest BCUT2D eigenvalue weighted by Crippen LogP contribution is 2.32. The van der Waals surface area contributed by atoms with Gasteiger partial charge in [-0.2, -0.15) is 0 Å². The molecule has 1 aliphatic heterocycles. The van der Waals surface area contributed by atoms with Gasteiger partial charge in [-0.05, 0) is 39.0 Å². The van der Waals surface area contributed by atoms with E-state index in [0.29, 0.717) is 25.4 Å². The van der Waals surface area contributed by atoms with Crippen LogP contribution in [-0.4, -0.2) is 50.7 Å². The van der Waals surface area contributed by atoms with Crippen LogP contribution in [0.5, 0.6) is 0 Å². The molecule has 0 aliphatic carbocycles. The summed E-state index contributed by atoms with van der Waals surface area (Å²) >= 11 is 0. The molecule has 1 fully saturated rings. The first kappa shape index (κ1) is 23.1. The Bertz CT molecular complexity index is 466. The fourth-order valence-corrected chi connectivity index (χ4v) is 3.20. The van der Waals surface area contributed by atoms with Crippen molar-refractivity contribution in [1.82, 2.24) is 0 Å². The van der Waals surface area contributed by atoms with Crippen molar-refractivity contribution in [3.05, 3.63) is 12.2 Å². The third-order valence-corrected chi connectivity index (χ3v) is 4.52. The Morgan fingerprint density at radius 1 is 1.19 bits per heavy atom. The molecule has 0 N–H and O–H groups in total. The second kappa shape index (κ2) is 9.34. The van der Waals surface area contributed by atoms with Crippen LogP contribution in [-0.2, 0) is 23.7 Å². The molecule has 152 valence electrons. The van der Waals surface area contributed by atoms with Gasteiger partial charge in [-0.1, -0.05) is 34.3 Å². The first-order valence-corrected chi connectivity index (χ1v) is 9.54. The van der Waals surface area contributed by atoms with Crippen molar-refractivity contribution in [1.29, 1.82) is 0 Å². The van der Waals surface area contributed by atoms with Crippen molar-refractivity contribution >= 4 is 5.97 Å². The van der Waals surface area contributed by atoms with Crippen LogP contribution in [0.1, 0.15) is 61.3 Å². The highest BCUT2D eigenvalue weighted by atomic mass is 16.6. The van der Waals surface area contributed by atoms with Gasteiger partial charge < -0.3 is 18.9 Å². The zero-order chi connectivity index (χ0) is 20.0. The molecule has 1 atom stereocenters. The second-order valence-electron chi connectivity index (χ2n) is 9.48. The Kier molecular flexibility index (Phi) is 8.31. The van der Waals surface area contributed by atoms with Crippen LogP contribution in [0.15, 0.2) is 12.2 Å². The fourth-order valence-electron chi connectivity index (χ4n) is 3.20. The van der Waals surface area contributed by atoms with Crippen molar-refractivity contribution in [2.75, 3.05) is 33.0 Å². The Balaban J connectivity index is 2.57. The van der Waals surface area contributed by atoms with Gasteiger partial charge in [-0.25, -0.2) is 4.79 Å². The van der Waals surface area contributed by atoms with Gasteiger partial charge in [0.1, 0.15) is 6.10 Å². The minimum Gasteiger partial charge on any atom is -0.454 e. The average Bonchev–Trinajstić information content (AvgIpc) is 2.44. The second-order valence-corrected chi connectivity index (χ2v) is 9.48. The zero-order valence-electron chi connectivity index (χ0n) is 17.8. The zero-order valence-corrected chi connectivity index (χ0v) is 17.8. The van der Waals surface area contributed by atoms with E-state index in [0.717, 1.165) is 26.1 Å². The molecule has 0 aromatic heterocycles. The monoisotopic (exact) mass is 370 g/mol. The summed E-state index contributed by atoms with van der Waals surface area (Å²) in [6.45, 7) is 20.8. The third kappa shape index (κ3) is 8.19. The van der Waals surface area contributed by atoms with E-state index in [2.05, 4.69) is 48.1 Å². The van der Waals surface area contributed by atoms with E-state index in [9.17, 15) is 4.79 Å². The van der Waals surface area contributed by atoms with Crippen molar-refractivity contribution < 1.29 is 23.7 Å².